The van der Waals surface area contributed by atoms with Crippen LogP contribution in [0.3, 0.4) is 0 Å². The SMILES string of the molecule is C[C@@H](c1ccc(-n2cncn2)cc1)N(C)CC(=O)NCC(F)(F)F. The second-order valence-corrected chi connectivity index (χ2v) is 5.41. The monoisotopic (exact) mass is 341 g/mol. The third kappa shape index (κ3) is 5.05. The largest absolute Gasteiger partial charge is 0.405 e. The Kier molecular flexibility index (Phi) is 5.55. The summed E-state index contributed by atoms with van der Waals surface area (Å²) in [4.78, 5) is 17.1. The second kappa shape index (κ2) is 7.43. The van der Waals surface area contributed by atoms with Gasteiger partial charge in [0.25, 0.3) is 0 Å². The molecule has 6 nitrogen and oxygen atoms in total. The van der Waals surface area contributed by atoms with Gasteiger partial charge >= 0.3 is 6.18 Å². The maximum absolute atomic E-state index is 12.1. The summed E-state index contributed by atoms with van der Waals surface area (Å²) in [5, 5.41) is 5.89. The fourth-order valence-corrected chi connectivity index (χ4v) is 2.12. The molecule has 0 saturated heterocycles. The number of halogens is 3. The molecule has 0 saturated carbocycles. The Morgan fingerprint density at radius 3 is 2.54 bits per heavy atom. The number of carbonyl (C=O) groups is 1. The molecule has 1 aromatic carbocycles. The van der Waals surface area contributed by atoms with Crippen LogP contribution in [0.15, 0.2) is 36.9 Å². The number of hydrogen-bond acceptors (Lipinski definition) is 4. The van der Waals surface area contributed by atoms with Crippen molar-refractivity contribution in [1.29, 1.82) is 0 Å². The van der Waals surface area contributed by atoms with Gasteiger partial charge in [-0.25, -0.2) is 9.67 Å². The Labute approximate surface area is 137 Å². The van der Waals surface area contributed by atoms with Gasteiger partial charge in [0.15, 0.2) is 0 Å². The topological polar surface area (TPSA) is 63.1 Å². The Morgan fingerprint density at radius 2 is 2.00 bits per heavy atom. The van der Waals surface area contributed by atoms with E-state index in [0.29, 0.717) is 0 Å². The minimum atomic E-state index is -4.41. The maximum Gasteiger partial charge on any atom is 0.405 e. The summed E-state index contributed by atoms with van der Waals surface area (Å²) >= 11 is 0. The lowest BCUT2D eigenvalue weighted by atomic mass is 10.1. The van der Waals surface area contributed by atoms with E-state index in [4.69, 9.17) is 0 Å². The first-order chi connectivity index (χ1) is 11.3. The summed E-state index contributed by atoms with van der Waals surface area (Å²) in [5.74, 6) is -0.666. The van der Waals surface area contributed by atoms with E-state index in [1.54, 1.807) is 23.0 Å². The molecule has 0 fully saturated rings. The molecule has 1 N–H and O–H groups in total. The van der Waals surface area contributed by atoms with Crippen molar-refractivity contribution in [3.05, 3.63) is 42.5 Å². The van der Waals surface area contributed by atoms with Gasteiger partial charge < -0.3 is 5.32 Å². The molecule has 0 aliphatic heterocycles. The third-order valence-electron chi connectivity index (χ3n) is 3.60. The zero-order chi connectivity index (χ0) is 17.7. The molecule has 2 aromatic rings. The molecule has 0 spiro atoms. The van der Waals surface area contributed by atoms with Gasteiger partial charge in [-0.1, -0.05) is 12.1 Å². The molecular formula is C15H18F3N5O. The van der Waals surface area contributed by atoms with Crippen LogP contribution in [0, 0.1) is 0 Å². The number of carbonyl (C=O) groups excluding carboxylic acids is 1. The van der Waals surface area contributed by atoms with E-state index in [1.165, 1.54) is 6.33 Å². The normalized spacial score (nSPS) is 13.1. The molecule has 1 heterocycles. The summed E-state index contributed by atoms with van der Waals surface area (Å²) in [6, 6.07) is 7.35. The average Bonchev–Trinajstić information content (AvgIpc) is 3.06. The van der Waals surface area contributed by atoms with Crippen molar-refractivity contribution >= 4 is 5.91 Å². The summed E-state index contributed by atoms with van der Waals surface area (Å²) in [6.45, 7) is 0.435. The highest BCUT2D eigenvalue weighted by molar-refractivity contribution is 5.78. The minimum Gasteiger partial charge on any atom is -0.346 e. The van der Waals surface area contributed by atoms with Crippen LogP contribution in [0.25, 0.3) is 5.69 Å². The molecule has 130 valence electrons. The zero-order valence-corrected chi connectivity index (χ0v) is 13.3. The Balaban J connectivity index is 1.93. The van der Waals surface area contributed by atoms with Gasteiger partial charge in [-0.3, -0.25) is 9.69 Å². The van der Waals surface area contributed by atoms with E-state index >= 15 is 0 Å². The van der Waals surface area contributed by atoms with Crippen LogP contribution in [0.4, 0.5) is 13.2 Å². The first kappa shape index (κ1) is 17.9. The number of alkyl halides is 3. The smallest absolute Gasteiger partial charge is 0.346 e. The van der Waals surface area contributed by atoms with Crippen LogP contribution in [-0.4, -0.2) is 51.9 Å². The van der Waals surface area contributed by atoms with Crippen molar-refractivity contribution in [3.63, 3.8) is 0 Å². The van der Waals surface area contributed by atoms with E-state index < -0.39 is 18.6 Å². The molecule has 1 atom stereocenters. The number of benzene rings is 1. The fraction of sp³-hybridized carbons (Fsp3) is 0.400. The van der Waals surface area contributed by atoms with E-state index in [2.05, 4.69) is 10.1 Å². The third-order valence-corrected chi connectivity index (χ3v) is 3.60. The number of hydrogen-bond donors (Lipinski definition) is 1. The maximum atomic E-state index is 12.1. The first-order valence-electron chi connectivity index (χ1n) is 7.25. The Morgan fingerprint density at radius 1 is 1.33 bits per heavy atom. The van der Waals surface area contributed by atoms with Crippen LogP contribution < -0.4 is 5.32 Å². The van der Waals surface area contributed by atoms with Gasteiger partial charge in [0.1, 0.15) is 19.2 Å². The van der Waals surface area contributed by atoms with Gasteiger partial charge in [-0.15, -0.1) is 0 Å². The second-order valence-electron chi connectivity index (χ2n) is 5.41. The quantitative estimate of drug-likeness (QED) is 0.872. The fourth-order valence-electron chi connectivity index (χ4n) is 2.12. The highest BCUT2D eigenvalue weighted by Crippen LogP contribution is 2.20. The number of likely N-dealkylation sites (N-methyl/N-ethyl adjacent to an activating group) is 1. The molecular weight excluding hydrogens is 323 g/mol. The number of nitrogens with one attached hydrogen (secondary N) is 1. The zero-order valence-electron chi connectivity index (χ0n) is 13.3. The standard InChI is InChI=1S/C15H18F3N5O/c1-11(22(2)7-14(24)20-8-15(16,17)18)12-3-5-13(6-4-12)23-10-19-9-21-23/h3-6,9-11H,7-8H2,1-2H3,(H,20,24)/t11-/m0/s1. The molecule has 0 unspecified atom stereocenters. The molecule has 24 heavy (non-hydrogen) atoms. The highest BCUT2D eigenvalue weighted by atomic mass is 19.4. The molecule has 0 aliphatic rings. The molecule has 0 radical (unpaired) electrons. The van der Waals surface area contributed by atoms with Crippen LogP contribution >= 0.6 is 0 Å². The van der Waals surface area contributed by atoms with Crippen molar-refractivity contribution in [2.24, 2.45) is 0 Å². The molecule has 9 heteroatoms. The van der Waals surface area contributed by atoms with Crippen molar-refractivity contribution in [2.45, 2.75) is 19.1 Å². The number of aromatic nitrogens is 3. The van der Waals surface area contributed by atoms with Crippen molar-refractivity contribution in [3.8, 4) is 5.69 Å². The minimum absolute atomic E-state index is 0.123. The van der Waals surface area contributed by atoms with Gasteiger partial charge in [-0.2, -0.15) is 18.3 Å². The summed E-state index contributed by atoms with van der Waals surface area (Å²) in [6.07, 6.45) is -1.39. The van der Waals surface area contributed by atoms with Crippen LogP contribution in [-0.2, 0) is 4.79 Å². The molecule has 1 amide bonds. The van der Waals surface area contributed by atoms with Crippen molar-refractivity contribution in [1.82, 2.24) is 25.0 Å². The molecule has 0 bridgehead atoms. The van der Waals surface area contributed by atoms with Crippen LogP contribution in [0.5, 0.6) is 0 Å². The van der Waals surface area contributed by atoms with E-state index in [0.717, 1.165) is 11.3 Å². The average molecular weight is 341 g/mol. The lowest BCUT2D eigenvalue weighted by Crippen LogP contribution is -2.40. The van der Waals surface area contributed by atoms with Crippen molar-refractivity contribution in [2.75, 3.05) is 20.1 Å². The predicted molar refractivity (Wildman–Crippen MR) is 81.5 cm³/mol. The molecule has 1 aromatic heterocycles. The number of nitrogens with zero attached hydrogens (tertiary/aromatic N) is 4. The Hall–Kier alpha value is -2.42. The lowest BCUT2D eigenvalue weighted by molar-refractivity contribution is -0.139. The summed E-state index contributed by atoms with van der Waals surface area (Å²) in [5.41, 5.74) is 1.78. The lowest BCUT2D eigenvalue weighted by Gasteiger charge is -2.24. The number of amides is 1. The van der Waals surface area contributed by atoms with Gasteiger partial charge in [0, 0.05) is 6.04 Å². The predicted octanol–water partition coefficient (Wildman–Crippen LogP) is 1.94. The summed E-state index contributed by atoms with van der Waals surface area (Å²) in [7, 11) is 1.68. The van der Waals surface area contributed by atoms with E-state index in [1.807, 2.05) is 36.5 Å². The molecule has 2 rings (SSSR count). The summed E-state index contributed by atoms with van der Waals surface area (Å²) < 4.78 is 37.9. The highest BCUT2D eigenvalue weighted by Gasteiger charge is 2.28. The van der Waals surface area contributed by atoms with Crippen LogP contribution in [0.2, 0.25) is 0 Å². The van der Waals surface area contributed by atoms with Gasteiger partial charge in [0.2, 0.25) is 5.91 Å². The van der Waals surface area contributed by atoms with Crippen molar-refractivity contribution < 1.29 is 18.0 Å². The number of rotatable bonds is 6. The Bertz CT molecular complexity index is 655. The van der Waals surface area contributed by atoms with Gasteiger partial charge in [-0.05, 0) is 31.7 Å². The van der Waals surface area contributed by atoms with Gasteiger partial charge in [0.05, 0.1) is 12.2 Å². The van der Waals surface area contributed by atoms with Crippen LogP contribution in [0.1, 0.15) is 18.5 Å². The first-order valence-corrected chi connectivity index (χ1v) is 7.25. The van der Waals surface area contributed by atoms with E-state index in [9.17, 15) is 18.0 Å². The molecule has 0 aliphatic carbocycles. The van der Waals surface area contributed by atoms with E-state index in [-0.39, 0.29) is 12.6 Å².